The second-order valence-corrected chi connectivity index (χ2v) is 8.11. The number of benzene rings is 3. The van der Waals surface area contributed by atoms with Gasteiger partial charge in [-0.3, -0.25) is 4.90 Å². The van der Waals surface area contributed by atoms with Crippen molar-refractivity contribution < 1.29 is 13.2 Å². The van der Waals surface area contributed by atoms with Crippen LogP contribution in [0.3, 0.4) is 0 Å². The van der Waals surface area contributed by atoms with Crippen LogP contribution in [-0.4, -0.2) is 11.4 Å². The number of hydrogen-bond donors (Lipinski definition) is 0. The van der Waals surface area contributed by atoms with Gasteiger partial charge in [0, 0.05) is 12.6 Å². The number of nitrogens with zero attached hydrogens (tertiary/aromatic N) is 1. The van der Waals surface area contributed by atoms with Gasteiger partial charge in [-0.1, -0.05) is 54.6 Å². The standard InChI is InChI=1S/C25H22F3N/c26-25(27,28)21-9-6-18(7-10-21)19-8-11-22-20-12-13-29(24(15-20)23(22)14-19)16-17-4-2-1-3-5-17/h1-11,14,20,24H,12-13,15-16H2/t20-,24+/m1/s1. The van der Waals surface area contributed by atoms with E-state index in [1.165, 1.54) is 28.8 Å². The van der Waals surface area contributed by atoms with Crippen molar-refractivity contribution in [3.63, 3.8) is 0 Å². The molecule has 2 aliphatic rings. The smallest absolute Gasteiger partial charge is 0.292 e. The maximum atomic E-state index is 12.9. The van der Waals surface area contributed by atoms with Crippen LogP contribution in [0.4, 0.5) is 13.2 Å². The predicted octanol–water partition coefficient (Wildman–Crippen LogP) is 6.81. The molecule has 1 saturated heterocycles. The minimum absolute atomic E-state index is 0.387. The van der Waals surface area contributed by atoms with Crippen LogP contribution >= 0.6 is 0 Å². The molecule has 1 fully saturated rings. The first-order valence-corrected chi connectivity index (χ1v) is 10.1. The van der Waals surface area contributed by atoms with E-state index in [1.807, 2.05) is 6.07 Å². The van der Waals surface area contributed by atoms with E-state index in [1.54, 1.807) is 12.1 Å². The Hall–Kier alpha value is -2.59. The average Bonchev–Trinajstić information content (AvgIpc) is 3.03. The number of likely N-dealkylation sites (tertiary alicyclic amines) is 1. The average molecular weight is 393 g/mol. The summed E-state index contributed by atoms with van der Waals surface area (Å²) in [5.74, 6) is 0.601. The van der Waals surface area contributed by atoms with Gasteiger partial charge in [0.25, 0.3) is 0 Å². The monoisotopic (exact) mass is 393 g/mol. The van der Waals surface area contributed by atoms with Crippen LogP contribution in [0.2, 0.25) is 0 Å². The Morgan fingerprint density at radius 1 is 0.828 bits per heavy atom. The molecule has 0 N–H and O–H groups in total. The lowest BCUT2D eigenvalue weighted by molar-refractivity contribution is -0.137. The number of alkyl halides is 3. The van der Waals surface area contributed by atoms with Crippen molar-refractivity contribution >= 4 is 0 Å². The molecule has 2 bridgehead atoms. The molecule has 0 spiro atoms. The molecule has 148 valence electrons. The Kier molecular flexibility index (Phi) is 4.47. The summed E-state index contributed by atoms with van der Waals surface area (Å²) in [5.41, 5.74) is 5.30. The van der Waals surface area contributed by atoms with Crippen LogP contribution < -0.4 is 0 Å². The lowest BCUT2D eigenvalue weighted by Gasteiger charge is -2.33. The van der Waals surface area contributed by atoms with Crippen LogP contribution in [0.1, 0.15) is 47.1 Å². The van der Waals surface area contributed by atoms with Gasteiger partial charge < -0.3 is 0 Å². The fourth-order valence-electron chi connectivity index (χ4n) is 4.89. The fourth-order valence-corrected chi connectivity index (χ4v) is 4.89. The highest BCUT2D eigenvalue weighted by atomic mass is 19.4. The Bertz CT molecular complexity index is 1010. The third-order valence-electron chi connectivity index (χ3n) is 6.37. The minimum Gasteiger partial charge on any atom is -0.292 e. The molecule has 2 atom stereocenters. The number of hydrogen-bond acceptors (Lipinski definition) is 1. The van der Waals surface area contributed by atoms with E-state index < -0.39 is 11.7 Å². The second-order valence-electron chi connectivity index (χ2n) is 8.11. The van der Waals surface area contributed by atoms with E-state index in [2.05, 4.69) is 47.4 Å². The molecule has 0 saturated carbocycles. The Morgan fingerprint density at radius 3 is 2.28 bits per heavy atom. The van der Waals surface area contributed by atoms with Crippen LogP contribution in [0.15, 0.2) is 72.8 Å². The zero-order valence-electron chi connectivity index (χ0n) is 16.0. The number of piperidine rings is 1. The van der Waals surface area contributed by atoms with Gasteiger partial charge in [-0.05, 0) is 71.3 Å². The maximum absolute atomic E-state index is 12.9. The molecule has 0 amide bonds. The van der Waals surface area contributed by atoms with Gasteiger partial charge >= 0.3 is 6.18 Å². The summed E-state index contributed by atoms with van der Waals surface area (Å²) in [6.45, 7) is 2.01. The highest BCUT2D eigenvalue weighted by Crippen LogP contribution is 2.50. The summed E-state index contributed by atoms with van der Waals surface area (Å²) in [7, 11) is 0. The van der Waals surface area contributed by atoms with E-state index in [9.17, 15) is 13.2 Å². The van der Waals surface area contributed by atoms with Crippen LogP contribution in [0.5, 0.6) is 0 Å². The predicted molar refractivity (Wildman–Crippen MR) is 108 cm³/mol. The van der Waals surface area contributed by atoms with Crippen molar-refractivity contribution in [3.05, 3.63) is 95.1 Å². The third kappa shape index (κ3) is 3.46. The molecule has 4 heteroatoms. The molecule has 5 rings (SSSR count). The molecule has 29 heavy (non-hydrogen) atoms. The normalized spacial score (nSPS) is 21.2. The van der Waals surface area contributed by atoms with Crippen LogP contribution in [0, 0.1) is 0 Å². The zero-order valence-corrected chi connectivity index (χ0v) is 16.0. The van der Waals surface area contributed by atoms with Gasteiger partial charge in [0.1, 0.15) is 0 Å². The quantitative estimate of drug-likeness (QED) is 0.473. The maximum Gasteiger partial charge on any atom is 0.416 e. The van der Waals surface area contributed by atoms with Crippen LogP contribution in [0.25, 0.3) is 11.1 Å². The first kappa shape index (κ1) is 18.4. The van der Waals surface area contributed by atoms with Gasteiger partial charge in [0.15, 0.2) is 0 Å². The van der Waals surface area contributed by atoms with Crippen molar-refractivity contribution in [2.45, 2.75) is 37.5 Å². The molecule has 3 aromatic rings. The zero-order chi connectivity index (χ0) is 20.0. The third-order valence-corrected chi connectivity index (χ3v) is 6.37. The molecule has 1 nitrogen and oxygen atoms in total. The SMILES string of the molecule is FC(F)(F)c1ccc(-c2ccc3c(c2)[C@@H]2C[C@H]3CCN2Cc2ccccc2)cc1. The Balaban J connectivity index is 1.44. The highest BCUT2D eigenvalue weighted by Gasteiger charge is 2.38. The van der Waals surface area contributed by atoms with E-state index in [-0.39, 0.29) is 0 Å². The van der Waals surface area contributed by atoms with Crippen molar-refractivity contribution in [1.82, 2.24) is 4.90 Å². The Morgan fingerprint density at radius 2 is 1.55 bits per heavy atom. The minimum atomic E-state index is -4.30. The number of rotatable bonds is 3. The molecular formula is C25H22F3N. The van der Waals surface area contributed by atoms with Gasteiger partial charge in [-0.15, -0.1) is 0 Å². The van der Waals surface area contributed by atoms with Crippen molar-refractivity contribution in [1.29, 1.82) is 0 Å². The summed E-state index contributed by atoms with van der Waals surface area (Å²) in [5, 5.41) is 0. The summed E-state index contributed by atoms with van der Waals surface area (Å²) in [6.07, 6.45) is -2.00. The van der Waals surface area contributed by atoms with Gasteiger partial charge in [0.05, 0.1) is 5.56 Å². The van der Waals surface area contributed by atoms with Crippen molar-refractivity contribution in [2.75, 3.05) is 6.54 Å². The molecule has 1 aliphatic carbocycles. The van der Waals surface area contributed by atoms with Gasteiger partial charge in [0.2, 0.25) is 0 Å². The molecule has 1 heterocycles. The fraction of sp³-hybridized carbons (Fsp3) is 0.280. The first-order valence-electron chi connectivity index (χ1n) is 10.1. The summed E-state index contributed by atoms with van der Waals surface area (Å²) >= 11 is 0. The van der Waals surface area contributed by atoms with Crippen molar-refractivity contribution in [3.8, 4) is 11.1 Å². The lowest BCUT2D eigenvalue weighted by Crippen LogP contribution is -2.31. The highest BCUT2D eigenvalue weighted by molar-refractivity contribution is 5.66. The van der Waals surface area contributed by atoms with E-state index in [4.69, 9.17) is 0 Å². The van der Waals surface area contributed by atoms with Crippen LogP contribution in [-0.2, 0) is 12.7 Å². The molecule has 0 unspecified atom stereocenters. The first-order chi connectivity index (χ1) is 14.0. The van der Waals surface area contributed by atoms with E-state index in [0.717, 1.165) is 37.1 Å². The van der Waals surface area contributed by atoms with E-state index >= 15 is 0 Å². The molecular weight excluding hydrogens is 371 g/mol. The topological polar surface area (TPSA) is 3.24 Å². The largest absolute Gasteiger partial charge is 0.416 e. The molecule has 0 radical (unpaired) electrons. The van der Waals surface area contributed by atoms with Gasteiger partial charge in [-0.2, -0.15) is 13.2 Å². The molecule has 3 aromatic carbocycles. The second kappa shape index (κ2) is 7.03. The van der Waals surface area contributed by atoms with Gasteiger partial charge in [-0.25, -0.2) is 0 Å². The summed E-state index contributed by atoms with van der Waals surface area (Å²) < 4.78 is 38.6. The number of halogens is 3. The Labute approximate surface area is 168 Å². The van der Waals surface area contributed by atoms with E-state index in [0.29, 0.717) is 12.0 Å². The van der Waals surface area contributed by atoms with Crippen molar-refractivity contribution in [2.24, 2.45) is 0 Å². The summed E-state index contributed by atoms with van der Waals surface area (Å²) in [6, 6.07) is 22.9. The number of fused-ring (bicyclic) bond motifs is 5. The lowest BCUT2D eigenvalue weighted by atomic mass is 9.94. The summed E-state index contributed by atoms with van der Waals surface area (Å²) in [4.78, 5) is 2.55. The molecule has 0 aromatic heterocycles. The molecule has 1 aliphatic heterocycles.